The molecule has 22 heavy (non-hydrogen) atoms. The van der Waals surface area contributed by atoms with E-state index in [9.17, 15) is 10.1 Å². The van der Waals surface area contributed by atoms with Gasteiger partial charge in [0, 0.05) is 16.7 Å². The molecule has 4 nitrogen and oxygen atoms in total. The number of unbranched alkanes of at least 4 members (excludes halogenated alkanes) is 1. The van der Waals surface area contributed by atoms with Crippen LogP contribution >= 0.6 is 0 Å². The van der Waals surface area contributed by atoms with Gasteiger partial charge in [-0.2, -0.15) is 0 Å². The Labute approximate surface area is 130 Å². The second-order valence-electron chi connectivity index (χ2n) is 5.42. The van der Waals surface area contributed by atoms with E-state index in [0.29, 0.717) is 11.1 Å². The van der Waals surface area contributed by atoms with E-state index >= 15 is 0 Å². The molecule has 0 heterocycles. The van der Waals surface area contributed by atoms with Crippen LogP contribution in [-0.2, 0) is 6.42 Å². The summed E-state index contributed by atoms with van der Waals surface area (Å²) < 4.78 is 5.98. The molecule has 2 aromatic carbocycles. The molecule has 0 aliphatic heterocycles. The number of nitro benzene ring substituents is 1. The third kappa shape index (κ3) is 3.45. The first-order chi connectivity index (χ1) is 10.5. The van der Waals surface area contributed by atoms with E-state index in [1.165, 1.54) is 0 Å². The van der Waals surface area contributed by atoms with Gasteiger partial charge in [-0.05, 0) is 44.9 Å². The highest BCUT2D eigenvalue weighted by molar-refractivity contribution is 5.57. The molecule has 116 valence electrons. The van der Waals surface area contributed by atoms with Crippen molar-refractivity contribution >= 4 is 5.69 Å². The van der Waals surface area contributed by atoms with Gasteiger partial charge in [-0.1, -0.05) is 31.5 Å². The predicted octanol–water partition coefficient (Wildman–Crippen LogP) is 5.35. The van der Waals surface area contributed by atoms with Gasteiger partial charge in [-0.25, -0.2) is 0 Å². The summed E-state index contributed by atoms with van der Waals surface area (Å²) in [6.07, 6.45) is 2.80. The van der Waals surface area contributed by atoms with Gasteiger partial charge in [-0.15, -0.1) is 0 Å². The van der Waals surface area contributed by atoms with E-state index in [1.807, 2.05) is 37.3 Å². The molecule has 0 bridgehead atoms. The number of benzene rings is 2. The molecule has 2 rings (SSSR count). The van der Waals surface area contributed by atoms with Crippen molar-refractivity contribution in [2.45, 2.75) is 40.0 Å². The van der Waals surface area contributed by atoms with Crippen LogP contribution in [0.25, 0.3) is 0 Å². The maximum atomic E-state index is 11.3. The SMILES string of the molecule is CCCCc1c(Oc2ccccc2)cc(C)c([N+](=O)[O-])c1C. The maximum absolute atomic E-state index is 11.3. The Balaban J connectivity index is 2.49. The summed E-state index contributed by atoms with van der Waals surface area (Å²) in [4.78, 5) is 11.0. The average Bonchev–Trinajstić information content (AvgIpc) is 2.47. The Morgan fingerprint density at radius 3 is 2.45 bits per heavy atom. The highest BCUT2D eigenvalue weighted by Gasteiger charge is 2.22. The summed E-state index contributed by atoms with van der Waals surface area (Å²) in [6, 6.07) is 11.3. The summed E-state index contributed by atoms with van der Waals surface area (Å²) >= 11 is 0. The quantitative estimate of drug-likeness (QED) is 0.534. The van der Waals surface area contributed by atoms with Gasteiger partial charge in [0.25, 0.3) is 5.69 Å². The zero-order valence-corrected chi connectivity index (χ0v) is 13.3. The summed E-state index contributed by atoms with van der Waals surface area (Å²) in [6.45, 7) is 5.68. The molecule has 0 unspecified atom stereocenters. The molecule has 0 aromatic heterocycles. The van der Waals surface area contributed by atoms with Crippen LogP contribution in [0, 0.1) is 24.0 Å². The van der Waals surface area contributed by atoms with Crippen LogP contribution < -0.4 is 4.74 Å². The van der Waals surface area contributed by atoms with Gasteiger partial charge in [0.2, 0.25) is 0 Å². The summed E-state index contributed by atoms with van der Waals surface area (Å²) in [5, 5.41) is 11.3. The zero-order chi connectivity index (χ0) is 16.1. The number of ether oxygens (including phenoxy) is 1. The molecular weight excluding hydrogens is 278 g/mol. The Kier molecular flexibility index (Phi) is 5.15. The van der Waals surface area contributed by atoms with Crippen molar-refractivity contribution in [1.29, 1.82) is 0 Å². The van der Waals surface area contributed by atoms with Crippen molar-refractivity contribution in [2.75, 3.05) is 0 Å². The fraction of sp³-hybridized carbons (Fsp3) is 0.333. The molecule has 4 heteroatoms. The number of hydrogen-bond donors (Lipinski definition) is 0. The number of nitrogens with zero attached hydrogens (tertiary/aromatic N) is 1. The number of aryl methyl sites for hydroxylation is 1. The molecule has 0 N–H and O–H groups in total. The van der Waals surface area contributed by atoms with E-state index in [4.69, 9.17) is 4.74 Å². The largest absolute Gasteiger partial charge is 0.457 e. The molecule has 0 fully saturated rings. The Morgan fingerprint density at radius 2 is 1.86 bits per heavy atom. The van der Waals surface area contributed by atoms with Crippen molar-refractivity contribution < 1.29 is 9.66 Å². The van der Waals surface area contributed by atoms with Crippen molar-refractivity contribution in [2.24, 2.45) is 0 Å². The lowest BCUT2D eigenvalue weighted by Gasteiger charge is -2.15. The van der Waals surface area contributed by atoms with Gasteiger partial charge < -0.3 is 4.74 Å². The molecular formula is C18H21NO3. The lowest BCUT2D eigenvalue weighted by atomic mass is 9.97. The van der Waals surface area contributed by atoms with Gasteiger partial charge in [0.15, 0.2) is 0 Å². The standard InChI is InChI=1S/C18H21NO3/c1-4-5-11-16-14(3)18(19(20)21)13(2)12-17(16)22-15-9-7-6-8-10-15/h6-10,12H,4-5,11H2,1-3H3. The maximum Gasteiger partial charge on any atom is 0.275 e. The minimum absolute atomic E-state index is 0.200. The average molecular weight is 299 g/mol. The number of nitro groups is 1. The molecule has 0 aliphatic carbocycles. The topological polar surface area (TPSA) is 52.4 Å². The molecule has 0 aliphatic rings. The minimum atomic E-state index is -0.299. The summed E-state index contributed by atoms with van der Waals surface area (Å²) in [7, 11) is 0. The normalized spacial score (nSPS) is 10.5. The van der Waals surface area contributed by atoms with Gasteiger partial charge in [0.05, 0.1) is 4.92 Å². The fourth-order valence-electron chi connectivity index (χ4n) is 2.63. The van der Waals surface area contributed by atoms with E-state index in [-0.39, 0.29) is 10.6 Å². The highest BCUT2D eigenvalue weighted by Crippen LogP contribution is 2.36. The highest BCUT2D eigenvalue weighted by atomic mass is 16.6. The predicted molar refractivity (Wildman–Crippen MR) is 87.7 cm³/mol. The van der Waals surface area contributed by atoms with Gasteiger partial charge in [0.1, 0.15) is 11.5 Å². The zero-order valence-electron chi connectivity index (χ0n) is 13.3. The Bertz CT molecular complexity index is 666. The Morgan fingerprint density at radius 1 is 1.18 bits per heavy atom. The van der Waals surface area contributed by atoms with E-state index in [2.05, 4.69) is 6.92 Å². The smallest absolute Gasteiger partial charge is 0.275 e. The number of rotatable bonds is 6. The number of para-hydroxylation sites is 1. The van der Waals surface area contributed by atoms with Crippen molar-refractivity contribution in [1.82, 2.24) is 0 Å². The number of hydrogen-bond acceptors (Lipinski definition) is 3. The van der Waals surface area contributed by atoms with Gasteiger partial charge >= 0.3 is 0 Å². The van der Waals surface area contributed by atoms with E-state index in [0.717, 1.165) is 36.3 Å². The van der Waals surface area contributed by atoms with Crippen LogP contribution in [0.15, 0.2) is 36.4 Å². The van der Waals surface area contributed by atoms with Crippen molar-refractivity contribution in [3.05, 3.63) is 63.2 Å². The molecule has 0 atom stereocenters. The van der Waals surface area contributed by atoms with Crippen LogP contribution in [-0.4, -0.2) is 4.92 Å². The second kappa shape index (κ2) is 7.07. The van der Waals surface area contributed by atoms with Gasteiger partial charge in [-0.3, -0.25) is 10.1 Å². The lowest BCUT2D eigenvalue weighted by molar-refractivity contribution is -0.386. The fourth-order valence-corrected chi connectivity index (χ4v) is 2.63. The first-order valence-corrected chi connectivity index (χ1v) is 7.55. The van der Waals surface area contributed by atoms with Crippen LogP contribution in [0.4, 0.5) is 5.69 Å². The molecule has 0 radical (unpaired) electrons. The molecule has 0 spiro atoms. The third-order valence-corrected chi connectivity index (χ3v) is 3.76. The second-order valence-corrected chi connectivity index (χ2v) is 5.42. The first-order valence-electron chi connectivity index (χ1n) is 7.55. The van der Waals surface area contributed by atoms with Crippen molar-refractivity contribution in [3.63, 3.8) is 0 Å². The van der Waals surface area contributed by atoms with Crippen LogP contribution in [0.1, 0.15) is 36.5 Å². The van der Waals surface area contributed by atoms with Crippen LogP contribution in [0.2, 0.25) is 0 Å². The monoisotopic (exact) mass is 299 g/mol. The summed E-state index contributed by atoms with van der Waals surface area (Å²) in [5.41, 5.74) is 2.48. The summed E-state index contributed by atoms with van der Waals surface area (Å²) in [5.74, 6) is 1.47. The third-order valence-electron chi connectivity index (χ3n) is 3.76. The molecule has 0 saturated heterocycles. The lowest BCUT2D eigenvalue weighted by Crippen LogP contribution is -2.02. The van der Waals surface area contributed by atoms with Crippen LogP contribution in [0.5, 0.6) is 11.5 Å². The van der Waals surface area contributed by atoms with Crippen LogP contribution in [0.3, 0.4) is 0 Å². The van der Waals surface area contributed by atoms with E-state index in [1.54, 1.807) is 13.0 Å². The molecule has 2 aromatic rings. The molecule has 0 amide bonds. The van der Waals surface area contributed by atoms with E-state index < -0.39 is 0 Å². The van der Waals surface area contributed by atoms with Crippen molar-refractivity contribution in [3.8, 4) is 11.5 Å². The Hall–Kier alpha value is -2.36. The first kappa shape index (κ1) is 16.0. The molecule has 0 saturated carbocycles. The minimum Gasteiger partial charge on any atom is -0.457 e.